The number of ether oxygens (including phenoxy) is 1. The lowest BCUT2D eigenvalue weighted by atomic mass is 10.5. The number of hydrogen-bond acceptors (Lipinski definition) is 4. The first kappa shape index (κ1) is 9.97. The van der Waals surface area contributed by atoms with Gasteiger partial charge >= 0.3 is 0 Å². The molecular formula is C7H9NO2S. The smallest absolute Gasteiger partial charge is 0.292 e. The fourth-order valence-corrected chi connectivity index (χ4v) is 0.506. The van der Waals surface area contributed by atoms with E-state index < -0.39 is 0 Å². The van der Waals surface area contributed by atoms with Gasteiger partial charge in [0.05, 0.1) is 12.1 Å². The summed E-state index contributed by atoms with van der Waals surface area (Å²) in [6, 6.07) is 5.60. The van der Waals surface area contributed by atoms with E-state index in [9.17, 15) is 0 Å². The zero-order chi connectivity index (χ0) is 8.53. The molecule has 0 aliphatic rings. The zero-order valence-corrected chi connectivity index (χ0v) is 6.99. The van der Waals surface area contributed by atoms with Gasteiger partial charge in [-0.2, -0.15) is 0 Å². The van der Waals surface area contributed by atoms with Crippen LogP contribution in [-0.2, 0) is 9.53 Å². The highest BCUT2D eigenvalue weighted by Gasteiger charge is 1.74. The van der Waals surface area contributed by atoms with E-state index in [4.69, 9.17) is 4.79 Å². The summed E-state index contributed by atoms with van der Waals surface area (Å²) in [7, 11) is 1.31. The van der Waals surface area contributed by atoms with E-state index in [-0.39, 0.29) is 0 Å². The van der Waals surface area contributed by atoms with Crippen LogP contribution in [0.1, 0.15) is 0 Å². The van der Waals surface area contributed by atoms with Crippen molar-refractivity contribution < 1.29 is 9.53 Å². The van der Waals surface area contributed by atoms with Crippen molar-refractivity contribution in [3.63, 3.8) is 0 Å². The Labute approximate surface area is 70.8 Å². The predicted octanol–water partition coefficient (Wildman–Crippen LogP) is 1.16. The van der Waals surface area contributed by atoms with E-state index in [2.05, 4.69) is 22.3 Å². The molecule has 0 amide bonds. The van der Waals surface area contributed by atoms with Crippen LogP contribution >= 0.6 is 12.6 Å². The van der Waals surface area contributed by atoms with Crippen LogP contribution < -0.4 is 0 Å². The summed E-state index contributed by atoms with van der Waals surface area (Å²) in [5.41, 5.74) is 0. The largest absolute Gasteiger partial charge is 0.471 e. The Balaban J connectivity index is 0.000000218. The highest BCUT2D eigenvalue weighted by Crippen LogP contribution is 1.95. The van der Waals surface area contributed by atoms with Crippen LogP contribution in [-0.4, -0.2) is 18.6 Å². The monoisotopic (exact) mass is 171 g/mol. The SMILES string of the molecule is COC=O.Sc1ccccn1. The number of methoxy groups -OCH3 is 1. The molecule has 60 valence electrons. The molecule has 0 aliphatic heterocycles. The molecule has 0 saturated heterocycles. The van der Waals surface area contributed by atoms with Gasteiger partial charge in [0, 0.05) is 6.20 Å². The Bertz CT molecular complexity index is 191. The minimum absolute atomic E-state index is 0.375. The second-order valence-electron chi connectivity index (χ2n) is 1.52. The van der Waals surface area contributed by atoms with Gasteiger partial charge in [-0.1, -0.05) is 6.07 Å². The summed E-state index contributed by atoms with van der Waals surface area (Å²) in [4.78, 5) is 12.8. The number of hydrogen-bond donors (Lipinski definition) is 1. The van der Waals surface area contributed by atoms with E-state index in [1.54, 1.807) is 6.20 Å². The molecule has 0 aromatic carbocycles. The molecule has 0 radical (unpaired) electrons. The van der Waals surface area contributed by atoms with Crippen LogP contribution in [0.4, 0.5) is 0 Å². The van der Waals surface area contributed by atoms with Gasteiger partial charge in [-0.15, -0.1) is 12.6 Å². The molecule has 11 heavy (non-hydrogen) atoms. The van der Waals surface area contributed by atoms with E-state index in [1.807, 2.05) is 18.2 Å². The first-order valence-electron chi connectivity index (χ1n) is 2.87. The third kappa shape index (κ3) is 6.86. The van der Waals surface area contributed by atoms with E-state index in [0.29, 0.717) is 6.47 Å². The van der Waals surface area contributed by atoms with Crippen LogP contribution in [0.25, 0.3) is 0 Å². The third-order valence-electron chi connectivity index (χ3n) is 0.746. The summed E-state index contributed by atoms with van der Waals surface area (Å²) in [5.74, 6) is 0. The topological polar surface area (TPSA) is 39.2 Å². The molecule has 3 nitrogen and oxygen atoms in total. The van der Waals surface area contributed by atoms with Gasteiger partial charge in [-0.25, -0.2) is 0 Å². The van der Waals surface area contributed by atoms with Crippen LogP contribution in [0.5, 0.6) is 0 Å². The molecule has 0 atom stereocenters. The molecule has 0 N–H and O–H groups in total. The van der Waals surface area contributed by atoms with Crippen molar-refractivity contribution in [3.05, 3.63) is 24.4 Å². The lowest BCUT2D eigenvalue weighted by Crippen LogP contribution is -1.68. The number of thiol groups is 1. The predicted molar refractivity (Wildman–Crippen MR) is 44.6 cm³/mol. The van der Waals surface area contributed by atoms with Crippen molar-refractivity contribution in [1.29, 1.82) is 0 Å². The first-order valence-corrected chi connectivity index (χ1v) is 3.32. The van der Waals surface area contributed by atoms with Crippen molar-refractivity contribution in [2.24, 2.45) is 0 Å². The molecular weight excluding hydrogens is 162 g/mol. The maximum atomic E-state index is 8.95. The molecule has 0 aliphatic carbocycles. The van der Waals surface area contributed by atoms with Gasteiger partial charge in [0.25, 0.3) is 6.47 Å². The van der Waals surface area contributed by atoms with Crippen LogP contribution in [0.2, 0.25) is 0 Å². The highest BCUT2D eigenvalue weighted by atomic mass is 32.1. The molecule has 0 fully saturated rings. The molecule has 0 spiro atoms. The molecule has 1 heterocycles. The molecule has 0 bridgehead atoms. The average Bonchev–Trinajstić information content (AvgIpc) is 2.07. The first-order chi connectivity index (χ1) is 5.31. The summed E-state index contributed by atoms with van der Waals surface area (Å²) in [6.07, 6.45) is 1.71. The maximum absolute atomic E-state index is 8.95. The lowest BCUT2D eigenvalue weighted by molar-refractivity contribution is -0.126. The molecule has 0 unspecified atom stereocenters. The number of aromatic nitrogens is 1. The minimum atomic E-state index is 0.375. The van der Waals surface area contributed by atoms with Gasteiger partial charge in [0.1, 0.15) is 0 Å². The fraction of sp³-hybridized carbons (Fsp3) is 0.143. The van der Waals surface area contributed by atoms with Crippen molar-refractivity contribution in [2.45, 2.75) is 5.03 Å². The quantitative estimate of drug-likeness (QED) is 0.509. The fourth-order valence-electron chi connectivity index (χ4n) is 0.354. The van der Waals surface area contributed by atoms with Crippen LogP contribution in [0.15, 0.2) is 29.4 Å². The summed E-state index contributed by atoms with van der Waals surface area (Å²) >= 11 is 3.97. The van der Waals surface area contributed by atoms with E-state index in [0.717, 1.165) is 5.03 Å². The number of carbonyl (C=O) groups is 1. The number of carbonyl (C=O) groups excluding carboxylic acids is 1. The second-order valence-corrected chi connectivity index (χ2v) is 1.98. The lowest BCUT2D eigenvalue weighted by Gasteiger charge is -1.81. The Hall–Kier alpha value is -1.03. The highest BCUT2D eigenvalue weighted by molar-refractivity contribution is 7.80. The Morgan fingerprint density at radius 1 is 1.64 bits per heavy atom. The molecule has 4 heteroatoms. The summed E-state index contributed by atoms with van der Waals surface area (Å²) in [6.45, 7) is 0.375. The van der Waals surface area contributed by atoms with Gasteiger partial charge in [-0.05, 0) is 12.1 Å². The molecule has 1 aromatic rings. The normalized spacial score (nSPS) is 7.45. The average molecular weight is 171 g/mol. The second kappa shape index (κ2) is 7.08. The number of nitrogens with zero attached hydrogens (tertiary/aromatic N) is 1. The summed E-state index contributed by atoms with van der Waals surface area (Å²) < 4.78 is 3.86. The maximum Gasteiger partial charge on any atom is 0.292 e. The van der Waals surface area contributed by atoms with Crippen molar-refractivity contribution in [3.8, 4) is 0 Å². The minimum Gasteiger partial charge on any atom is -0.471 e. The zero-order valence-electron chi connectivity index (χ0n) is 6.10. The summed E-state index contributed by atoms with van der Waals surface area (Å²) in [5, 5.41) is 0.766. The van der Waals surface area contributed by atoms with E-state index in [1.165, 1.54) is 7.11 Å². The molecule has 1 aromatic heterocycles. The van der Waals surface area contributed by atoms with Gasteiger partial charge in [-0.3, -0.25) is 9.78 Å². The Morgan fingerprint density at radius 2 is 2.27 bits per heavy atom. The van der Waals surface area contributed by atoms with Crippen molar-refractivity contribution >= 4 is 19.1 Å². The van der Waals surface area contributed by atoms with Crippen molar-refractivity contribution in [1.82, 2.24) is 4.98 Å². The van der Waals surface area contributed by atoms with Crippen molar-refractivity contribution in [2.75, 3.05) is 7.11 Å². The van der Waals surface area contributed by atoms with Gasteiger partial charge in [0.15, 0.2) is 0 Å². The van der Waals surface area contributed by atoms with Crippen LogP contribution in [0.3, 0.4) is 0 Å². The van der Waals surface area contributed by atoms with Gasteiger partial charge < -0.3 is 4.74 Å². The van der Waals surface area contributed by atoms with E-state index >= 15 is 0 Å². The number of rotatable bonds is 1. The van der Waals surface area contributed by atoms with Crippen LogP contribution in [0, 0.1) is 0 Å². The Kier molecular flexibility index (Phi) is 6.42. The third-order valence-corrected chi connectivity index (χ3v) is 1.01. The molecule has 1 rings (SSSR count). The number of pyridine rings is 1. The molecule has 0 saturated carbocycles. The Morgan fingerprint density at radius 3 is 2.45 bits per heavy atom. The standard InChI is InChI=1S/C5H5NS.C2H4O2/c7-5-3-1-2-4-6-5;1-4-2-3/h1-4H,(H,6,7);2H,1H3. The van der Waals surface area contributed by atoms with Gasteiger partial charge in [0.2, 0.25) is 0 Å².